The highest BCUT2D eigenvalue weighted by molar-refractivity contribution is 7.89. The van der Waals surface area contributed by atoms with Gasteiger partial charge < -0.3 is 9.64 Å². The summed E-state index contributed by atoms with van der Waals surface area (Å²) in [5.41, 5.74) is 2.11. The van der Waals surface area contributed by atoms with Crippen molar-refractivity contribution in [3.63, 3.8) is 0 Å². The van der Waals surface area contributed by atoms with E-state index in [4.69, 9.17) is 4.74 Å². The Morgan fingerprint density at radius 2 is 1.75 bits per heavy atom. The fourth-order valence-corrected chi connectivity index (χ4v) is 4.10. The van der Waals surface area contributed by atoms with Gasteiger partial charge in [-0.2, -0.15) is 0 Å². The molecule has 0 spiro atoms. The Labute approximate surface area is 164 Å². The van der Waals surface area contributed by atoms with E-state index in [9.17, 15) is 18.0 Å². The second kappa shape index (κ2) is 7.73. The zero-order valence-corrected chi connectivity index (χ0v) is 16.8. The molecule has 1 atom stereocenters. The number of hydrogen-bond donors (Lipinski definition) is 0. The van der Waals surface area contributed by atoms with Gasteiger partial charge in [0.1, 0.15) is 0 Å². The fraction of sp³-hybridized carbons (Fsp3) is 0.300. The monoisotopic (exact) mass is 402 g/mol. The van der Waals surface area contributed by atoms with E-state index in [2.05, 4.69) is 0 Å². The van der Waals surface area contributed by atoms with E-state index >= 15 is 0 Å². The van der Waals surface area contributed by atoms with Crippen LogP contribution in [-0.2, 0) is 26.0 Å². The van der Waals surface area contributed by atoms with Crippen molar-refractivity contribution in [2.75, 3.05) is 25.6 Å². The second-order valence-corrected chi connectivity index (χ2v) is 8.99. The molecule has 2 aromatic rings. The van der Waals surface area contributed by atoms with Crippen molar-refractivity contribution in [1.82, 2.24) is 4.31 Å². The first-order valence-corrected chi connectivity index (χ1v) is 10.3. The Kier molecular flexibility index (Phi) is 5.53. The third-order valence-corrected chi connectivity index (χ3v) is 6.50. The van der Waals surface area contributed by atoms with Gasteiger partial charge in [-0.15, -0.1) is 0 Å². The summed E-state index contributed by atoms with van der Waals surface area (Å²) < 4.78 is 30.4. The number of benzene rings is 2. The first-order valence-electron chi connectivity index (χ1n) is 8.81. The van der Waals surface area contributed by atoms with Crippen molar-refractivity contribution in [1.29, 1.82) is 0 Å². The Bertz CT molecular complexity index is 1000. The zero-order chi connectivity index (χ0) is 20.5. The molecule has 2 aromatic carbocycles. The maximum atomic E-state index is 12.6. The molecule has 0 fully saturated rings. The molecular weight excluding hydrogens is 380 g/mol. The minimum atomic E-state index is -3.57. The lowest BCUT2D eigenvalue weighted by molar-refractivity contribution is -0.122. The van der Waals surface area contributed by atoms with Crippen LogP contribution in [0.3, 0.4) is 0 Å². The van der Waals surface area contributed by atoms with E-state index in [1.165, 1.54) is 38.4 Å². The predicted octanol–water partition coefficient (Wildman–Crippen LogP) is 2.07. The van der Waals surface area contributed by atoms with E-state index in [0.29, 0.717) is 0 Å². The number of anilines is 1. The van der Waals surface area contributed by atoms with Gasteiger partial charge in [-0.3, -0.25) is 4.79 Å². The number of esters is 1. The number of fused-ring (bicyclic) bond motifs is 1. The van der Waals surface area contributed by atoms with Gasteiger partial charge in [0.15, 0.2) is 6.61 Å². The average molecular weight is 402 g/mol. The largest absolute Gasteiger partial charge is 0.452 e. The Morgan fingerprint density at radius 3 is 2.39 bits per heavy atom. The van der Waals surface area contributed by atoms with Crippen LogP contribution in [0.5, 0.6) is 0 Å². The highest BCUT2D eigenvalue weighted by atomic mass is 32.2. The lowest BCUT2D eigenvalue weighted by atomic mass is 10.1. The van der Waals surface area contributed by atoms with Crippen LogP contribution in [-0.4, -0.2) is 51.3 Å². The minimum Gasteiger partial charge on any atom is -0.452 e. The first kappa shape index (κ1) is 20.0. The summed E-state index contributed by atoms with van der Waals surface area (Å²) >= 11 is 0. The normalized spacial score (nSPS) is 16.1. The number of amides is 1. The lowest BCUT2D eigenvalue weighted by Crippen LogP contribution is -2.38. The molecule has 1 aliphatic heterocycles. The third kappa shape index (κ3) is 3.79. The molecule has 0 aliphatic carbocycles. The fourth-order valence-electron chi connectivity index (χ4n) is 3.20. The number of para-hydroxylation sites is 1. The topological polar surface area (TPSA) is 84.0 Å². The van der Waals surface area contributed by atoms with Crippen molar-refractivity contribution in [2.45, 2.75) is 24.3 Å². The molecule has 0 bridgehead atoms. The molecule has 0 radical (unpaired) electrons. The zero-order valence-electron chi connectivity index (χ0n) is 16.0. The van der Waals surface area contributed by atoms with Crippen LogP contribution in [0.15, 0.2) is 53.4 Å². The SMILES string of the molecule is C[C@@H]1Cc2ccccc2N1C(=O)COC(=O)c1ccc(S(=O)(=O)N(C)C)cc1. The van der Waals surface area contributed by atoms with Gasteiger partial charge in [0, 0.05) is 25.8 Å². The quantitative estimate of drug-likeness (QED) is 0.715. The van der Waals surface area contributed by atoms with Crippen LogP contribution >= 0.6 is 0 Å². The highest BCUT2D eigenvalue weighted by Gasteiger charge is 2.31. The summed E-state index contributed by atoms with van der Waals surface area (Å²) in [4.78, 5) is 26.5. The maximum absolute atomic E-state index is 12.6. The Morgan fingerprint density at radius 1 is 1.11 bits per heavy atom. The summed E-state index contributed by atoms with van der Waals surface area (Å²) in [7, 11) is -0.708. The van der Waals surface area contributed by atoms with Crippen molar-refractivity contribution in [2.24, 2.45) is 0 Å². The van der Waals surface area contributed by atoms with Crippen molar-refractivity contribution < 1.29 is 22.7 Å². The maximum Gasteiger partial charge on any atom is 0.338 e. The van der Waals surface area contributed by atoms with Crippen LogP contribution < -0.4 is 4.90 Å². The molecule has 7 nitrogen and oxygen atoms in total. The smallest absolute Gasteiger partial charge is 0.338 e. The van der Waals surface area contributed by atoms with Crippen LogP contribution in [0.4, 0.5) is 5.69 Å². The molecule has 0 saturated carbocycles. The van der Waals surface area contributed by atoms with E-state index < -0.39 is 16.0 Å². The lowest BCUT2D eigenvalue weighted by Gasteiger charge is -2.22. The average Bonchev–Trinajstić information content (AvgIpc) is 3.01. The molecule has 148 valence electrons. The van der Waals surface area contributed by atoms with Crippen molar-refractivity contribution >= 4 is 27.6 Å². The van der Waals surface area contributed by atoms with Crippen LogP contribution in [0.2, 0.25) is 0 Å². The van der Waals surface area contributed by atoms with Gasteiger partial charge >= 0.3 is 5.97 Å². The predicted molar refractivity (Wildman–Crippen MR) is 105 cm³/mol. The molecular formula is C20H22N2O5S. The number of carbonyl (C=O) groups excluding carboxylic acids is 2. The first-order chi connectivity index (χ1) is 13.2. The molecule has 1 aliphatic rings. The van der Waals surface area contributed by atoms with Gasteiger partial charge in [0.05, 0.1) is 10.5 Å². The second-order valence-electron chi connectivity index (χ2n) is 6.83. The summed E-state index contributed by atoms with van der Waals surface area (Å²) in [6.45, 7) is 1.57. The molecule has 0 unspecified atom stereocenters. The summed E-state index contributed by atoms with van der Waals surface area (Å²) in [5, 5.41) is 0. The molecule has 28 heavy (non-hydrogen) atoms. The number of ether oxygens (including phenoxy) is 1. The minimum absolute atomic E-state index is 0.000810. The van der Waals surface area contributed by atoms with Crippen LogP contribution in [0.1, 0.15) is 22.8 Å². The molecule has 0 saturated heterocycles. The number of carbonyl (C=O) groups is 2. The van der Waals surface area contributed by atoms with E-state index in [-0.39, 0.29) is 29.0 Å². The summed E-state index contributed by atoms with van der Waals surface area (Å²) in [6, 6.07) is 13.1. The van der Waals surface area contributed by atoms with Gasteiger partial charge in [-0.25, -0.2) is 17.5 Å². The van der Waals surface area contributed by atoms with Crippen LogP contribution in [0, 0.1) is 0 Å². The number of rotatable bonds is 5. The summed E-state index contributed by atoms with van der Waals surface area (Å²) in [6.07, 6.45) is 0.762. The summed E-state index contributed by atoms with van der Waals surface area (Å²) in [5.74, 6) is -0.972. The number of hydrogen-bond acceptors (Lipinski definition) is 5. The van der Waals surface area contributed by atoms with E-state index in [1.807, 2.05) is 31.2 Å². The van der Waals surface area contributed by atoms with E-state index in [0.717, 1.165) is 22.0 Å². The molecule has 1 amide bonds. The molecule has 0 N–H and O–H groups in total. The van der Waals surface area contributed by atoms with Gasteiger partial charge in [0.25, 0.3) is 5.91 Å². The number of nitrogens with zero attached hydrogens (tertiary/aromatic N) is 2. The Hall–Kier alpha value is -2.71. The van der Waals surface area contributed by atoms with Gasteiger partial charge in [-0.05, 0) is 49.2 Å². The molecule has 0 aromatic heterocycles. The standard InChI is InChI=1S/C20H22N2O5S/c1-14-12-16-6-4-5-7-18(16)22(14)19(23)13-27-20(24)15-8-10-17(11-9-15)28(25,26)21(2)3/h4-11,14H,12-13H2,1-3H3/t14-/m1/s1. The van der Waals surface area contributed by atoms with Crippen molar-refractivity contribution in [3.8, 4) is 0 Å². The van der Waals surface area contributed by atoms with Gasteiger partial charge in [-0.1, -0.05) is 18.2 Å². The molecule has 3 rings (SSSR count). The van der Waals surface area contributed by atoms with Crippen molar-refractivity contribution in [3.05, 3.63) is 59.7 Å². The molecule has 1 heterocycles. The van der Waals surface area contributed by atoms with E-state index in [1.54, 1.807) is 4.90 Å². The molecule has 8 heteroatoms. The van der Waals surface area contributed by atoms with Crippen LogP contribution in [0.25, 0.3) is 0 Å². The van der Waals surface area contributed by atoms with Gasteiger partial charge in [0.2, 0.25) is 10.0 Å². The Balaban J connectivity index is 1.65. The number of sulfonamides is 1. The third-order valence-electron chi connectivity index (χ3n) is 4.67. The highest BCUT2D eigenvalue weighted by Crippen LogP contribution is 2.31.